The lowest BCUT2D eigenvalue weighted by molar-refractivity contribution is -0.180. The Labute approximate surface area is 104 Å². The van der Waals surface area contributed by atoms with Gasteiger partial charge in [-0.15, -0.1) is 0 Å². The van der Waals surface area contributed by atoms with Gasteiger partial charge in [-0.1, -0.05) is 30.3 Å². The van der Waals surface area contributed by atoms with Crippen LogP contribution in [0.2, 0.25) is 0 Å². The summed E-state index contributed by atoms with van der Waals surface area (Å²) in [5.41, 5.74) is -1.01. The van der Waals surface area contributed by atoms with Gasteiger partial charge in [0.25, 0.3) is 0 Å². The molecule has 1 aromatic rings. The van der Waals surface area contributed by atoms with Crippen LogP contribution in [0.4, 0.5) is 13.2 Å². The van der Waals surface area contributed by atoms with Gasteiger partial charge in [0.05, 0.1) is 12.0 Å². The summed E-state index contributed by atoms with van der Waals surface area (Å²) in [7, 11) is 0. The first-order valence-electron chi connectivity index (χ1n) is 5.79. The van der Waals surface area contributed by atoms with Crippen LogP contribution in [0.5, 0.6) is 0 Å². The van der Waals surface area contributed by atoms with E-state index in [2.05, 4.69) is 0 Å². The van der Waals surface area contributed by atoms with Crippen molar-refractivity contribution in [2.75, 3.05) is 6.61 Å². The van der Waals surface area contributed by atoms with Gasteiger partial charge in [0.1, 0.15) is 0 Å². The van der Waals surface area contributed by atoms with Crippen molar-refractivity contribution in [1.82, 2.24) is 0 Å². The van der Waals surface area contributed by atoms with Gasteiger partial charge in [-0.2, -0.15) is 13.2 Å². The summed E-state index contributed by atoms with van der Waals surface area (Å²) < 4.78 is 37.1. The molecule has 102 valence electrons. The highest BCUT2D eigenvalue weighted by Gasteiger charge is 2.40. The van der Waals surface area contributed by atoms with Crippen LogP contribution in [-0.4, -0.2) is 28.6 Å². The average molecular weight is 262 g/mol. The Hall–Kier alpha value is -1.07. The summed E-state index contributed by atoms with van der Waals surface area (Å²) in [6.07, 6.45) is -5.64. The summed E-state index contributed by atoms with van der Waals surface area (Å²) in [6, 6.07) is 9.01. The molecule has 0 radical (unpaired) electrons. The molecule has 0 aromatic heterocycles. The van der Waals surface area contributed by atoms with Crippen LogP contribution in [0.25, 0.3) is 0 Å². The Morgan fingerprint density at radius 3 is 2.11 bits per heavy atom. The van der Waals surface area contributed by atoms with Gasteiger partial charge in [0.15, 0.2) is 0 Å². The van der Waals surface area contributed by atoms with Crippen molar-refractivity contribution in [1.29, 1.82) is 0 Å². The van der Waals surface area contributed by atoms with Crippen molar-refractivity contribution in [2.45, 2.75) is 37.5 Å². The number of hydrogen-bond acceptors (Lipinski definition) is 2. The standard InChI is InChI=1S/C13H17F3O2/c14-13(15,16)10-12(18,8-9-17)7-6-11-4-2-1-3-5-11/h1-5,17-18H,6-10H2. The second-order valence-electron chi connectivity index (χ2n) is 4.48. The number of benzene rings is 1. The molecule has 2 nitrogen and oxygen atoms in total. The van der Waals surface area contributed by atoms with E-state index in [9.17, 15) is 18.3 Å². The van der Waals surface area contributed by atoms with Gasteiger partial charge >= 0.3 is 6.18 Å². The van der Waals surface area contributed by atoms with E-state index in [0.717, 1.165) is 5.56 Å². The fourth-order valence-electron chi connectivity index (χ4n) is 1.90. The fraction of sp³-hybridized carbons (Fsp3) is 0.538. The summed E-state index contributed by atoms with van der Waals surface area (Å²) in [4.78, 5) is 0. The Morgan fingerprint density at radius 1 is 1.00 bits per heavy atom. The normalized spacial score (nSPS) is 15.4. The number of alkyl halides is 3. The Kier molecular flexibility index (Phi) is 5.16. The number of halogens is 3. The lowest BCUT2D eigenvalue weighted by Crippen LogP contribution is -2.36. The Balaban J connectivity index is 2.62. The second-order valence-corrected chi connectivity index (χ2v) is 4.48. The molecule has 0 aliphatic heterocycles. The number of aliphatic hydroxyl groups is 2. The molecule has 1 unspecified atom stereocenters. The van der Waals surface area contributed by atoms with Crippen molar-refractivity contribution in [2.24, 2.45) is 0 Å². The van der Waals surface area contributed by atoms with E-state index in [0.29, 0.717) is 6.42 Å². The third-order valence-corrected chi connectivity index (χ3v) is 2.83. The van der Waals surface area contributed by atoms with E-state index in [1.165, 1.54) is 0 Å². The van der Waals surface area contributed by atoms with Crippen molar-refractivity contribution < 1.29 is 23.4 Å². The van der Waals surface area contributed by atoms with Crippen LogP contribution in [0.3, 0.4) is 0 Å². The predicted molar refractivity (Wildman–Crippen MR) is 62.1 cm³/mol. The quantitative estimate of drug-likeness (QED) is 0.827. The number of hydrogen-bond donors (Lipinski definition) is 2. The SMILES string of the molecule is OCCC(O)(CCc1ccccc1)CC(F)(F)F. The van der Waals surface area contributed by atoms with E-state index >= 15 is 0 Å². The molecular formula is C13H17F3O2. The van der Waals surface area contributed by atoms with Gasteiger partial charge in [-0.3, -0.25) is 0 Å². The zero-order valence-electron chi connectivity index (χ0n) is 9.95. The topological polar surface area (TPSA) is 40.5 Å². The monoisotopic (exact) mass is 262 g/mol. The molecule has 0 amide bonds. The third-order valence-electron chi connectivity index (χ3n) is 2.83. The van der Waals surface area contributed by atoms with Gasteiger partial charge in [-0.25, -0.2) is 0 Å². The molecule has 1 aromatic carbocycles. The van der Waals surface area contributed by atoms with E-state index in [1.807, 2.05) is 6.07 Å². The lowest BCUT2D eigenvalue weighted by atomic mass is 9.88. The average Bonchev–Trinajstić information content (AvgIpc) is 2.26. The molecule has 1 atom stereocenters. The lowest BCUT2D eigenvalue weighted by Gasteiger charge is -2.28. The van der Waals surface area contributed by atoms with Gasteiger partial charge < -0.3 is 10.2 Å². The minimum absolute atomic E-state index is 0.0168. The highest BCUT2D eigenvalue weighted by molar-refractivity contribution is 5.15. The van der Waals surface area contributed by atoms with Gasteiger partial charge in [-0.05, 0) is 24.8 Å². The molecule has 0 aliphatic rings. The minimum Gasteiger partial charge on any atom is -0.396 e. The molecule has 0 saturated heterocycles. The molecule has 0 fully saturated rings. The summed E-state index contributed by atoms with van der Waals surface area (Å²) in [5, 5.41) is 18.7. The maximum absolute atomic E-state index is 12.4. The van der Waals surface area contributed by atoms with Crippen LogP contribution < -0.4 is 0 Å². The van der Waals surface area contributed by atoms with Crippen molar-refractivity contribution >= 4 is 0 Å². The molecular weight excluding hydrogens is 245 g/mol. The first kappa shape index (κ1) is 15.0. The zero-order chi connectivity index (χ0) is 13.6. The van der Waals surface area contributed by atoms with Crippen molar-refractivity contribution in [3.05, 3.63) is 35.9 Å². The molecule has 5 heteroatoms. The van der Waals surface area contributed by atoms with Gasteiger partial charge in [0, 0.05) is 6.61 Å². The molecule has 2 N–H and O–H groups in total. The van der Waals surface area contributed by atoms with Gasteiger partial charge in [0.2, 0.25) is 0 Å². The number of rotatable bonds is 6. The zero-order valence-corrected chi connectivity index (χ0v) is 9.95. The molecule has 0 saturated carbocycles. The number of aliphatic hydroxyl groups excluding tert-OH is 1. The third kappa shape index (κ3) is 5.51. The second kappa shape index (κ2) is 6.20. The minimum atomic E-state index is -4.43. The molecule has 0 aliphatic carbocycles. The Bertz CT molecular complexity index is 351. The largest absolute Gasteiger partial charge is 0.396 e. The van der Waals surface area contributed by atoms with E-state index in [4.69, 9.17) is 5.11 Å². The van der Waals surface area contributed by atoms with E-state index in [1.54, 1.807) is 24.3 Å². The maximum Gasteiger partial charge on any atom is 0.391 e. The Morgan fingerprint density at radius 2 is 1.61 bits per heavy atom. The van der Waals surface area contributed by atoms with E-state index in [-0.39, 0.29) is 12.8 Å². The summed E-state index contributed by atoms with van der Waals surface area (Å²) in [6.45, 7) is -0.457. The first-order chi connectivity index (χ1) is 8.35. The smallest absolute Gasteiger partial charge is 0.391 e. The maximum atomic E-state index is 12.4. The summed E-state index contributed by atoms with van der Waals surface area (Å²) >= 11 is 0. The van der Waals surface area contributed by atoms with Crippen LogP contribution in [0.1, 0.15) is 24.8 Å². The van der Waals surface area contributed by atoms with Crippen LogP contribution in [-0.2, 0) is 6.42 Å². The molecule has 0 bridgehead atoms. The van der Waals surface area contributed by atoms with Crippen molar-refractivity contribution in [3.8, 4) is 0 Å². The van der Waals surface area contributed by atoms with E-state index < -0.39 is 24.8 Å². The fourth-order valence-corrected chi connectivity index (χ4v) is 1.90. The molecule has 0 heterocycles. The first-order valence-corrected chi connectivity index (χ1v) is 5.79. The highest BCUT2D eigenvalue weighted by atomic mass is 19.4. The highest BCUT2D eigenvalue weighted by Crippen LogP contribution is 2.32. The van der Waals surface area contributed by atoms with Crippen LogP contribution >= 0.6 is 0 Å². The molecule has 0 spiro atoms. The van der Waals surface area contributed by atoms with Crippen molar-refractivity contribution in [3.63, 3.8) is 0 Å². The molecule has 1 rings (SSSR count). The van der Waals surface area contributed by atoms with Crippen LogP contribution in [0.15, 0.2) is 30.3 Å². The summed E-state index contributed by atoms with van der Waals surface area (Å²) in [5.74, 6) is 0. The predicted octanol–water partition coefficient (Wildman–Crippen LogP) is 2.69. The van der Waals surface area contributed by atoms with Crippen LogP contribution in [0, 0.1) is 0 Å². The molecule has 18 heavy (non-hydrogen) atoms. The number of aryl methyl sites for hydroxylation is 1.